The van der Waals surface area contributed by atoms with Crippen molar-refractivity contribution in [2.75, 3.05) is 13.2 Å². The molecule has 7 heteroatoms. The number of aromatic amines is 1. The number of nitrogens with zero attached hydrogens (tertiary/aromatic N) is 2. The minimum atomic E-state index is -0.267. The van der Waals surface area contributed by atoms with Gasteiger partial charge in [0.05, 0.1) is 23.3 Å². The van der Waals surface area contributed by atoms with Gasteiger partial charge in [-0.2, -0.15) is 5.10 Å². The molecule has 126 valence electrons. The molecular weight excluding hydrogens is 336 g/mol. The van der Waals surface area contributed by atoms with Crippen LogP contribution in [0, 0.1) is 18.8 Å². The largest absolute Gasteiger partial charge is 0.479 e. The number of H-pyrrole nitrogens is 1. The van der Waals surface area contributed by atoms with Crippen molar-refractivity contribution in [2.45, 2.75) is 6.92 Å². The van der Waals surface area contributed by atoms with Crippen LogP contribution in [0.3, 0.4) is 0 Å². The molecule has 0 spiro atoms. The predicted molar refractivity (Wildman–Crippen MR) is 96.5 cm³/mol. The van der Waals surface area contributed by atoms with Crippen molar-refractivity contribution in [1.29, 1.82) is 0 Å². The fraction of sp³-hybridized carbons (Fsp3) is 0.167. The van der Waals surface area contributed by atoms with Gasteiger partial charge in [-0.3, -0.25) is 14.9 Å². The number of pyridine rings is 1. The first-order valence-corrected chi connectivity index (χ1v) is 8.49. The Morgan fingerprint density at radius 1 is 1.36 bits per heavy atom. The van der Waals surface area contributed by atoms with Gasteiger partial charge in [-0.25, -0.2) is 0 Å². The van der Waals surface area contributed by atoms with Gasteiger partial charge in [0.25, 0.3) is 5.91 Å². The topological polar surface area (TPSA) is 79.9 Å². The summed E-state index contributed by atoms with van der Waals surface area (Å²) in [5.41, 5.74) is 2.10. The maximum Gasteiger partial charge on any atom is 0.272 e. The van der Waals surface area contributed by atoms with Gasteiger partial charge in [-0.05, 0) is 36.6 Å². The molecule has 0 saturated carbocycles. The van der Waals surface area contributed by atoms with Crippen molar-refractivity contribution in [2.24, 2.45) is 0 Å². The smallest absolute Gasteiger partial charge is 0.272 e. The number of nitrogens with one attached hydrogen (secondary N) is 2. The summed E-state index contributed by atoms with van der Waals surface area (Å²) in [4.78, 5) is 17.2. The Balaban J connectivity index is 1.43. The average Bonchev–Trinajstić information content (AvgIpc) is 3.30. The molecule has 0 aliphatic rings. The Morgan fingerprint density at radius 2 is 2.28 bits per heavy atom. The van der Waals surface area contributed by atoms with E-state index in [2.05, 4.69) is 32.3 Å². The molecule has 3 aromatic heterocycles. The Hall–Kier alpha value is -3.11. The van der Waals surface area contributed by atoms with E-state index >= 15 is 0 Å². The Labute approximate surface area is 149 Å². The lowest BCUT2D eigenvalue weighted by Crippen LogP contribution is -2.24. The average molecular weight is 352 g/mol. The highest BCUT2D eigenvalue weighted by Gasteiger charge is 2.10. The number of rotatable bonds is 5. The summed E-state index contributed by atoms with van der Waals surface area (Å²) < 4.78 is 5.43. The van der Waals surface area contributed by atoms with Gasteiger partial charge < -0.3 is 10.1 Å². The van der Waals surface area contributed by atoms with Gasteiger partial charge in [0, 0.05) is 5.69 Å². The van der Waals surface area contributed by atoms with Crippen molar-refractivity contribution in [3.8, 4) is 28.2 Å². The molecule has 0 atom stereocenters. The minimum absolute atomic E-state index is 0.232. The first-order valence-electron chi connectivity index (χ1n) is 7.61. The molecule has 25 heavy (non-hydrogen) atoms. The number of ether oxygens (including phenoxy) is 1. The van der Waals surface area contributed by atoms with Crippen molar-refractivity contribution in [3.63, 3.8) is 0 Å². The zero-order valence-corrected chi connectivity index (χ0v) is 14.4. The summed E-state index contributed by atoms with van der Waals surface area (Å²) in [7, 11) is 0. The minimum Gasteiger partial charge on any atom is -0.479 e. The molecule has 0 aliphatic carbocycles. The van der Waals surface area contributed by atoms with Crippen LogP contribution >= 0.6 is 11.3 Å². The molecule has 6 nitrogen and oxygen atoms in total. The van der Waals surface area contributed by atoms with E-state index in [0.717, 1.165) is 16.3 Å². The SMILES string of the molecule is Cc1ccc(OCC#CCNC(=O)c2cc(-c3cccs3)[nH]n2)cn1. The molecule has 0 aliphatic heterocycles. The van der Waals surface area contributed by atoms with E-state index in [9.17, 15) is 4.79 Å². The van der Waals surface area contributed by atoms with Crippen LogP contribution in [0.25, 0.3) is 10.6 Å². The van der Waals surface area contributed by atoms with Crippen LogP contribution in [0.2, 0.25) is 0 Å². The fourth-order valence-corrected chi connectivity index (χ4v) is 2.68. The maximum absolute atomic E-state index is 12.0. The van der Waals surface area contributed by atoms with Crippen LogP contribution in [0.4, 0.5) is 0 Å². The number of carbonyl (C=O) groups excluding carboxylic acids is 1. The van der Waals surface area contributed by atoms with Crippen LogP contribution in [-0.2, 0) is 0 Å². The van der Waals surface area contributed by atoms with Gasteiger partial charge >= 0.3 is 0 Å². The lowest BCUT2D eigenvalue weighted by atomic mass is 10.3. The van der Waals surface area contributed by atoms with E-state index in [4.69, 9.17) is 4.74 Å². The number of aromatic nitrogens is 3. The van der Waals surface area contributed by atoms with Crippen LogP contribution in [0.15, 0.2) is 41.9 Å². The van der Waals surface area contributed by atoms with Crippen LogP contribution < -0.4 is 10.1 Å². The standard InChI is InChI=1S/C18H16N4O2S/c1-13-6-7-14(12-20-13)24-9-3-2-8-19-18(23)16-11-15(21-22-16)17-5-4-10-25-17/h4-7,10-12H,8-9H2,1H3,(H,19,23)(H,21,22). The lowest BCUT2D eigenvalue weighted by Gasteiger charge is -2.00. The molecule has 3 aromatic rings. The van der Waals surface area contributed by atoms with E-state index in [1.54, 1.807) is 23.6 Å². The molecular formula is C18H16N4O2S. The third-order valence-electron chi connectivity index (χ3n) is 3.25. The number of hydrogen-bond donors (Lipinski definition) is 2. The summed E-state index contributed by atoms with van der Waals surface area (Å²) in [6.07, 6.45) is 1.65. The molecule has 0 aromatic carbocycles. The highest BCUT2D eigenvalue weighted by Crippen LogP contribution is 2.22. The predicted octanol–water partition coefficient (Wildman–Crippen LogP) is 2.65. The van der Waals surface area contributed by atoms with Gasteiger partial charge in [0.15, 0.2) is 5.69 Å². The molecule has 2 N–H and O–H groups in total. The van der Waals surface area contributed by atoms with E-state index in [0.29, 0.717) is 11.4 Å². The van der Waals surface area contributed by atoms with Crippen LogP contribution in [0.1, 0.15) is 16.2 Å². The molecule has 0 bridgehead atoms. The van der Waals surface area contributed by atoms with E-state index in [1.165, 1.54) is 0 Å². The van der Waals surface area contributed by atoms with Crippen molar-refractivity contribution < 1.29 is 9.53 Å². The fourth-order valence-electron chi connectivity index (χ4n) is 1.98. The summed E-state index contributed by atoms with van der Waals surface area (Å²) in [5, 5.41) is 11.6. The molecule has 0 fully saturated rings. The summed E-state index contributed by atoms with van der Waals surface area (Å²) in [6, 6.07) is 9.35. The number of thiophene rings is 1. The molecule has 0 saturated heterocycles. The van der Waals surface area contributed by atoms with Gasteiger partial charge in [-0.1, -0.05) is 17.9 Å². The Kier molecular flexibility index (Phi) is 5.44. The van der Waals surface area contributed by atoms with Crippen LogP contribution in [0.5, 0.6) is 5.75 Å². The first kappa shape index (κ1) is 16.7. The summed E-state index contributed by atoms with van der Waals surface area (Å²) in [6.45, 7) is 2.39. The normalized spacial score (nSPS) is 9.96. The second kappa shape index (κ2) is 8.13. The van der Waals surface area contributed by atoms with E-state index in [-0.39, 0.29) is 19.1 Å². The zero-order valence-electron chi connectivity index (χ0n) is 13.6. The Bertz CT molecular complexity index is 889. The van der Waals surface area contributed by atoms with Gasteiger partial charge in [-0.15, -0.1) is 11.3 Å². The number of amides is 1. The highest BCUT2D eigenvalue weighted by molar-refractivity contribution is 7.13. The van der Waals surface area contributed by atoms with Crippen molar-refractivity contribution in [1.82, 2.24) is 20.5 Å². The van der Waals surface area contributed by atoms with Crippen LogP contribution in [-0.4, -0.2) is 34.2 Å². The summed E-state index contributed by atoms with van der Waals surface area (Å²) in [5.74, 6) is 6.08. The van der Waals surface area contributed by atoms with Crippen molar-refractivity contribution >= 4 is 17.2 Å². The lowest BCUT2D eigenvalue weighted by molar-refractivity contribution is 0.0953. The molecule has 3 rings (SSSR count). The number of hydrogen-bond acceptors (Lipinski definition) is 5. The number of aryl methyl sites for hydroxylation is 1. The third kappa shape index (κ3) is 4.68. The first-order chi connectivity index (χ1) is 12.2. The Morgan fingerprint density at radius 3 is 3.04 bits per heavy atom. The van der Waals surface area contributed by atoms with Gasteiger partial charge in [0.2, 0.25) is 0 Å². The third-order valence-corrected chi connectivity index (χ3v) is 4.16. The zero-order chi connectivity index (χ0) is 17.5. The second-order valence-corrected chi connectivity index (χ2v) is 6.05. The molecule has 1 amide bonds. The second-order valence-electron chi connectivity index (χ2n) is 5.10. The molecule has 0 radical (unpaired) electrons. The van der Waals surface area contributed by atoms with Gasteiger partial charge in [0.1, 0.15) is 12.4 Å². The monoisotopic (exact) mass is 352 g/mol. The summed E-state index contributed by atoms with van der Waals surface area (Å²) >= 11 is 1.58. The van der Waals surface area contributed by atoms with E-state index in [1.807, 2.05) is 36.6 Å². The number of carbonyl (C=O) groups is 1. The molecule has 3 heterocycles. The van der Waals surface area contributed by atoms with Crippen molar-refractivity contribution in [3.05, 3.63) is 53.3 Å². The maximum atomic E-state index is 12.0. The highest BCUT2D eigenvalue weighted by atomic mass is 32.1. The quantitative estimate of drug-likeness (QED) is 0.692. The molecule has 0 unspecified atom stereocenters. The van der Waals surface area contributed by atoms with E-state index < -0.39 is 0 Å².